The van der Waals surface area contributed by atoms with Gasteiger partial charge in [-0.05, 0) is 12.8 Å². The minimum absolute atomic E-state index is 0.565. The molecule has 0 aromatic carbocycles. The summed E-state index contributed by atoms with van der Waals surface area (Å²) >= 11 is 0. The smallest absolute Gasteiger partial charge is 0.404 e. The second kappa shape index (κ2) is 5.05. The van der Waals surface area contributed by atoms with Crippen molar-refractivity contribution in [2.24, 2.45) is 11.5 Å². The zero-order chi connectivity index (χ0) is 7.98. The van der Waals surface area contributed by atoms with Crippen molar-refractivity contribution in [2.75, 3.05) is 7.11 Å². The molecule has 0 bridgehead atoms. The quantitative estimate of drug-likeness (QED) is 0.512. The number of carbonyl (C=O) groups is 1. The summed E-state index contributed by atoms with van der Waals surface area (Å²) in [6.45, 7) is 0. The van der Waals surface area contributed by atoms with Crippen LogP contribution in [0.15, 0.2) is 0 Å². The largest absolute Gasteiger partial charge is 0.453 e. The third kappa shape index (κ3) is 5.37. The molecule has 60 valence electrons. The first-order valence-electron chi connectivity index (χ1n) is 3.26. The Bertz CT molecular complexity index is 102. The van der Waals surface area contributed by atoms with Gasteiger partial charge in [0, 0.05) is 6.04 Å². The molecular formula is C6H14N2O2. The summed E-state index contributed by atoms with van der Waals surface area (Å²) in [6.07, 6.45) is 3.14. The van der Waals surface area contributed by atoms with Gasteiger partial charge in [0.2, 0.25) is 0 Å². The molecule has 0 radical (unpaired) electrons. The van der Waals surface area contributed by atoms with Crippen LogP contribution in [0.5, 0.6) is 0 Å². The predicted molar refractivity (Wildman–Crippen MR) is 38.4 cm³/mol. The molecule has 1 saturated carbocycles. The van der Waals surface area contributed by atoms with E-state index in [0.717, 1.165) is 0 Å². The number of amides is 1. The van der Waals surface area contributed by atoms with E-state index in [1.807, 2.05) is 0 Å². The van der Waals surface area contributed by atoms with Crippen molar-refractivity contribution < 1.29 is 9.53 Å². The molecule has 0 heterocycles. The minimum Gasteiger partial charge on any atom is -0.453 e. The normalized spacial score (nSPS) is 16.2. The van der Waals surface area contributed by atoms with Crippen LogP contribution >= 0.6 is 0 Å². The summed E-state index contributed by atoms with van der Waals surface area (Å²) in [5.41, 5.74) is 9.81. The van der Waals surface area contributed by atoms with Gasteiger partial charge < -0.3 is 16.2 Å². The highest BCUT2D eigenvalue weighted by molar-refractivity contribution is 5.64. The lowest BCUT2D eigenvalue weighted by molar-refractivity contribution is 0.182. The second-order valence-electron chi connectivity index (χ2n) is 2.21. The Morgan fingerprint density at radius 2 is 1.90 bits per heavy atom. The van der Waals surface area contributed by atoms with Crippen LogP contribution in [0, 0.1) is 0 Å². The molecule has 0 aromatic rings. The average molecular weight is 146 g/mol. The van der Waals surface area contributed by atoms with E-state index in [2.05, 4.69) is 10.5 Å². The third-order valence-corrected chi connectivity index (χ3v) is 1.35. The summed E-state index contributed by atoms with van der Waals surface area (Å²) in [7, 11) is 1.22. The lowest BCUT2D eigenvalue weighted by Gasteiger charge is -2.18. The van der Waals surface area contributed by atoms with Crippen LogP contribution in [0.4, 0.5) is 4.79 Å². The van der Waals surface area contributed by atoms with E-state index in [4.69, 9.17) is 5.73 Å². The molecule has 0 aromatic heterocycles. The minimum atomic E-state index is -0.745. The molecule has 0 spiro atoms. The number of primary amides is 1. The van der Waals surface area contributed by atoms with Crippen molar-refractivity contribution in [3.05, 3.63) is 0 Å². The first kappa shape index (κ1) is 9.23. The predicted octanol–water partition coefficient (Wildman–Crippen LogP) is 0.209. The molecule has 0 atom stereocenters. The van der Waals surface area contributed by atoms with Crippen LogP contribution in [0.25, 0.3) is 0 Å². The number of carbonyl (C=O) groups excluding carboxylic acids is 1. The van der Waals surface area contributed by atoms with Gasteiger partial charge in [-0.1, -0.05) is 6.42 Å². The molecular weight excluding hydrogens is 132 g/mol. The van der Waals surface area contributed by atoms with Gasteiger partial charge >= 0.3 is 6.09 Å². The van der Waals surface area contributed by atoms with Crippen LogP contribution in [-0.2, 0) is 4.74 Å². The SMILES string of the molecule is COC(N)=O.NC1CCC1. The lowest BCUT2D eigenvalue weighted by atomic mass is 9.95. The van der Waals surface area contributed by atoms with Gasteiger partial charge in [-0.2, -0.15) is 0 Å². The van der Waals surface area contributed by atoms with Gasteiger partial charge in [0.25, 0.3) is 0 Å². The maximum atomic E-state index is 9.37. The molecule has 4 N–H and O–H groups in total. The third-order valence-electron chi connectivity index (χ3n) is 1.35. The van der Waals surface area contributed by atoms with Crippen molar-refractivity contribution >= 4 is 6.09 Å². The highest BCUT2D eigenvalue weighted by Gasteiger charge is 2.09. The number of methoxy groups -OCH3 is 1. The van der Waals surface area contributed by atoms with Crippen molar-refractivity contribution in [3.63, 3.8) is 0 Å². The summed E-state index contributed by atoms with van der Waals surface area (Å²) < 4.78 is 3.89. The number of hydrogen-bond acceptors (Lipinski definition) is 3. The number of nitrogens with two attached hydrogens (primary N) is 2. The standard InChI is InChI=1S/C4H9N.C2H5NO2/c5-4-2-1-3-4;1-5-2(3)4/h4H,1-3,5H2;1H3,(H2,3,4). The topological polar surface area (TPSA) is 78.3 Å². The Hall–Kier alpha value is -0.770. The van der Waals surface area contributed by atoms with Crippen molar-refractivity contribution in [3.8, 4) is 0 Å². The lowest BCUT2D eigenvalue weighted by Crippen LogP contribution is -2.27. The van der Waals surface area contributed by atoms with Gasteiger partial charge in [0.15, 0.2) is 0 Å². The van der Waals surface area contributed by atoms with Gasteiger partial charge in [0.1, 0.15) is 0 Å². The van der Waals surface area contributed by atoms with E-state index in [1.54, 1.807) is 0 Å². The average Bonchev–Trinajstić information content (AvgIpc) is 1.85. The summed E-state index contributed by atoms with van der Waals surface area (Å²) in [5.74, 6) is 0. The van der Waals surface area contributed by atoms with Gasteiger partial charge in [-0.15, -0.1) is 0 Å². The molecule has 0 saturated heterocycles. The maximum Gasteiger partial charge on any atom is 0.404 e. The Morgan fingerprint density at radius 3 is 1.90 bits per heavy atom. The first-order chi connectivity index (χ1) is 4.66. The monoisotopic (exact) mass is 146 g/mol. The molecule has 10 heavy (non-hydrogen) atoms. The van der Waals surface area contributed by atoms with E-state index >= 15 is 0 Å². The molecule has 4 nitrogen and oxygen atoms in total. The number of hydrogen-bond donors (Lipinski definition) is 2. The van der Waals surface area contributed by atoms with Crippen molar-refractivity contribution in [2.45, 2.75) is 25.3 Å². The van der Waals surface area contributed by atoms with E-state index in [0.29, 0.717) is 6.04 Å². The Labute approximate surface area is 60.5 Å². The summed E-state index contributed by atoms with van der Waals surface area (Å²) in [4.78, 5) is 9.37. The van der Waals surface area contributed by atoms with Crippen LogP contribution in [0.3, 0.4) is 0 Å². The number of rotatable bonds is 0. The fourth-order valence-corrected chi connectivity index (χ4v) is 0.440. The van der Waals surface area contributed by atoms with Crippen LogP contribution < -0.4 is 11.5 Å². The summed E-state index contributed by atoms with van der Waals surface area (Å²) in [5, 5.41) is 0. The zero-order valence-electron chi connectivity index (χ0n) is 6.17. The van der Waals surface area contributed by atoms with E-state index in [-0.39, 0.29) is 0 Å². The van der Waals surface area contributed by atoms with Gasteiger partial charge in [-0.3, -0.25) is 0 Å². The molecule has 1 rings (SSSR count). The Morgan fingerprint density at radius 1 is 1.60 bits per heavy atom. The molecule has 0 unspecified atom stereocenters. The zero-order valence-corrected chi connectivity index (χ0v) is 6.17. The Kier molecular flexibility index (Phi) is 4.66. The second-order valence-corrected chi connectivity index (χ2v) is 2.21. The van der Waals surface area contributed by atoms with E-state index < -0.39 is 6.09 Å². The van der Waals surface area contributed by atoms with Crippen LogP contribution in [0.2, 0.25) is 0 Å². The molecule has 1 amide bonds. The van der Waals surface area contributed by atoms with Crippen LogP contribution in [-0.4, -0.2) is 19.2 Å². The molecule has 0 aliphatic heterocycles. The fourth-order valence-electron chi connectivity index (χ4n) is 0.440. The van der Waals surface area contributed by atoms with Crippen molar-refractivity contribution in [1.29, 1.82) is 0 Å². The van der Waals surface area contributed by atoms with E-state index in [1.165, 1.54) is 26.4 Å². The molecule has 1 fully saturated rings. The summed E-state index contributed by atoms with van der Waals surface area (Å²) in [6, 6.07) is 0.565. The van der Waals surface area contributed by atoms with Gasteiger partial charge in [-0.25, -0.2) is 4.79 Å². The maximum absolute atomic E-state index is 9.37. The fraction of sp³-hybridized carbons (Fsp3) is 0.833. The number of ether oxygens (including phenoxy) is 1. The highest BCUT2D eigenvalue weighted by Crippen LogP contribution is 2.14. The van der Waals surface area contributed by atoms with E-state index in [9.17, 15) is 4.79 Å². The highest BCUT2D eigenvalue weighted by atomic mass is 16.5. The van der Waals surface area contributed by atoms with Crippen molar-refractivity contribution in [1.82, 2.24) is 0 Å². The first-order valence-corrected chi connectivity index (χ1v) is 3.26. The molecule has 1 aliphatic carbocycles. The van der Waals surface area contributed by atoms with Crippen LogP contribution in [0.1, 0.15) is 19.3 Å². The van der Waals surface area contributed by atoms with Gasteiger partial charge in [0.05, 0.1) is 7.11 Å². The Balaban J connectivity index is 0.000000162. The molecule has 1 aliphatic rings. The molecule has 4 heteroatoms.